The third-order valence-electron chi connectivity index (χ3n) is 4.16. The molecule has 20 heavy (non-hydrogen) atoms. The molecule has 1 nitrogen and oxygen atoms in total. The molecule has 1 aromatic heterocycles. The molecule has 0 aliphatic rings. The number of nitrogens with one attached hydrogen (secondary N) is 1. The Morgan fingerprint density at radius 1 is 1.00 bits per heavy atom. The van der Waals surface area contributed by atoms with E-state index in [-0.39, 0.29) is 0 Å². The fourth-order valence-electron chi connectivity index (χ4n) is 2.69. The zero-order valence-corrected chi connectivity index (χ0v) is 12.2. The highest BCUT2D eigenvalue weighted by molar-refractivity contribution is 5.84. The lowest BCUT2D eigenvalue weighted by Crippen LogP contribution is -1.89. The maximum absolute atomic E-state index is 3.57. The van der Waals surface area contributed by atoms with Crippen molar-refractivity contribution < 1.29 is 0 Å². The number of hydrogen-bond acceptors (Lipinski definition) is 0. The number of H-pyrrole nitrogens is 1. The molecular weight excluding hydrogens is 242 g/mol. The molecule has 1 heteroatoms. The van der Waals surface area contributed by atoms with Crippen molar-refractivity contribution in [3.8, 4) is 0 Å². The van der Waals surface area contributed by atoms with Gasteiger partial charge in [0, 0.05) is 16.6 Å². The lowest BCUT2D eigenvalue weighted by atomic mass is 10.0. The average molecular weight is 263 g/mol. The third-order valence-corrected chi connectivity index (χ3v) is 4.16. The lowest BCUT2D eigenvalue weighted by molar-refractivity contribution is 0.715. The van der Waals surface area contributed by atoms with Gasteiger partial charge in [-0.25, -0.2) is 0 Å². The largest absolute Gasteiger partial charge is 0.358 e. The summed E-state index contributed by atoms with van der Waals surface area (Å²) in [5, 5.41) is 1.37. The highest BCUT2D eigenvalue weighted by Gasteiger charge is 2.09. The van der Waals surface area contributed by atoms with Gasteiger partial charge in [0.05, 0.1) is 0 Å². The van der Waals surface area contributed by atoms with Crippen LogP contribution in [-0.4, -0.2) is 4.98 Å². The van der Waals surface area contributed by atoms with Crippen molar-refractivity contribution in [3.05, 3.63) is 71.4 Å². The molecular formula is C19H21N. The van der Waals surface area contributed by atoms with Crippen LogP contribution in [0, 0.1) is 0 Å². The fraction of sp³-hybridized carbons (Fsp3) is 0.263. The summed E-state index contributed by atoms with van der Waals surface area (Å²) in [4.78, 5) is 3.57. The summed E-state index contributed by atoms with van der Waals surface area (Å²) in [5.74, 6) is 0.590. The molecule has 1 atom stereocenters. The van der Waals surface area contributed by atoms with Crippen molar-refractivity contribution in [2.24, 2.45) is 0 Å². The molecule has 0 bridgehead atoms. The molecule has 0 saturated heterocycles. The van der Waals surface area contributed by atoms with Gasteiger partial charge in [-0.2, -0.15) is 0 Å². The Morgan fingerprint density at radius 2 is 1.80 bits per heavy atom. The van der Waals surface area contributed by atoms with Crippen LogP contribution in [-0.2, 0) is 6.42 Å². The molecule has 0 aliphatic heterocycles. The van der Waals surface area contributed by atoms with Crippen molar-refractivity contribution in [1.82, 2.24) is 4.98 Å². The number of aromatic amines is 1. The Kier molecular flexibility index (Phi) is 3.60. The molecule has 2 aromatic carbocycles. The van der Waals surface area contributed by atoms with E-state index in [0.29, 0.717) is 5.92 Å². The molecule has 1 N–H and O–H groups in total. The van der Waals surface area contributed by atoms with E-state index in [1.807, 2.05) is 0 Å². The van der Waals surface area contributed by atoms with Crippen LogP contribution in [0.4, 0.5) is 0 Å². The fourth-order valence-corrected chi connectivity index (χ4v) is 2.69. The number of hydrogen-bond donors (Lipinski definition) is 1. The number of fused-ring (bicyclic) bond motifs is 1. The second kappa shape index (κ2) is 5.54. The average Bonchev–Trinajstić information content (AvgIpc) is 2.93. The second-order valence-corrected chi connectivity index (χ2v) is 5.57. The Balaban J connectivity index is 2.01. The highest BCUT2D eigenvalue weighted by Crippen LogP contribution is 2.27. The molecule has 0 spiro atoms. The molecule has 0 aliphatic carbocycles. The van der Waals surface area contributed by atoms with Crippen molar-refractivity contribution in [1.29, 1.82) is 0 Å². The number of rotatable bonds is 4. The predicted octanol–water partition coefficient (Wildman–Crippen LogP) is 5.27. The molecule has 0 radical (unpaired) electrons. The van der Waals surface area contributed by atoms with E-state index in [0.717, 1.165) is 6.42 Å². The summed E-state index contributed by atoms with van der Waals surface area (Å²) in [6, 6.07) is 19.6. The van der Waals surface area contributed by atoms with Crippen LogP contribution in [0.2, 0.25) is 0 Å². The first-order chi connectivity index (χ1) is 9.78. The monoisotopic (exact) mass is 263 g/mol. The van der Waals surface area contributed by atoms with Gasteiger partial charge in [0.15, 0.2) is 0 Å². The number of aromatic nitrogens is 1. The summed E-state index contributed by atoms with van der Waals surface area (Å²) in [6.45, 7) is 4.52. The summed E-state index contributed by atoms with van der Waals surface area (Å²) in [6.07, 6.45) is 2.16. The van der Waals surface area contributed by atoms with E-state index in [2.05, 4.69) is 73.4 Å². The van der Waals surface area contributed by atoms with E-state index >= 15 is 0 Å². The second-order valence-electron chi connectivity index (χ2n) is 5.57. The van der Waals surface area contributed by atoms with Crippen molar-refractivity contribution in [2.45, 2.75) is 32.6 Å². The van der Waals surface area contributed by atoms with Crippen LogP contribution in [0.25, 0.3) is 10.9 Å². The van der Waals surface area contributed by atoms with Crippen LogP contribution < -0.4 is 0 Å². The number of benzene rings is 2. The van der Waals surface area contributed by atoms with Gasteiger partial charge in [-0.1, -0.05) is 56.3 Å². The molecule has 3 rings (SSSR count). The van der Waals surface area contributed by atoms with Gasteiger partial charge in [0.2, 0.25) is 0 Å². The Labute approximate surface area is 120 Å². The summed E-state index contributed by atoms with van der Waals surface area (Å²) in [7, 11) is 0. The minimum Gasteiger partial charge on any atom is -0.358 e. The van der Waals surface area contributed by atoms with Crippen molar-refractivity contribution in [2.75, 3.05) is 0 Å². The van der Waals surface area contributed by atoms with Crippen LogP contribution in [0.5, 0.6) is 0 Å². The molecule has 102 valence electrons. The zero-order chi connectivity index (χ0) is 13.9. The Hall–Kier alpha value is -2.02. The molecule has 0 fully saturated rings. The van der Waals surface area contributed by atoms with Gasteiger partial charge in [-0.15, -0.1) is 0 Å². The standard InChI is InChI=1S/C19H21N/c1-3-14(2)19-13-17-16(10-7-11-18(17)20-19)12-15-8-5-4-6-9-15/h4-11,13-14,20H,3,12H2,1-2H3. The van der Waals surface area contributed by atoms with Gasteiger partial charge >= 0.3 is 0 Å². The minimum atomic E-state index is 0.590. The summed E-state index contributed by atoms with van der Waals surface area (Å²) in [5.41, 5.74) is 5.38. The first kappa shape index (κ1) is 13.0. The van der Waals surface area contributed by atoms with E-state index in [9.17, 15) is 0 Å². The van der Waals surface area contributed by atoms with Crippen molar-refractivity contribution >= 4 is 10.9 Å². The minimum absolute atomic E-state index is 0.590. The van der Waals surface area contributed by atoms with Gasteiger partial charge in [-0.05, 0) is 42.0 Å². The summed E-state index contributed by atoms with van der Waals surface area (Å²) < 4.78 is 0. The highest BCUT2D eigenvalue weighted by atomic mass is 14.7. The van der Waals surface area contributed by atoms with Gasteiger partial charge in [0.1, 0.15) is 0 Å². The van der Waals surface area contributed by atoms with E-state index in [1.54, 1.807) is 0 Å². The predicted molar refractivity (Wildman–Crippen MR) is 86.3 cm³/mol. The van der Waals surface area contributed by atoms with Crippen molar-refractivity contribution in [3.63, 3.8) is 0 Å². The van der Waals surface area contributed by atoms with Crippen LogP contribution in [0.1, 0.15) is 43.0 Å². The molecule has 0 amide bonds. The van der Waals surface area contributed by atoms with Crippen LogP contribution in [0.15, 0.2) is 54.6 Å². The smallest absolute Gasteiger partial charge is 0.0459 e. The van der Waals surface area contributed by atoms with E-state index < -0.39 is 0 Å². The van der Waals surface area contributed by atoms with E-state index in [4.69, 9.17) is 0 Å². The Bertz CT molecular complexity index is 694. The molecule has 1 unspecified atom stereocenters. The maximum atomic E-state index is 3.57. The molecule has 0 saturated carbocycles. The maximum Gasteiger partial charge on any atom is 0.0459 e. The Morgan fingerprint density at radius 3 is 2.55 bits per heavy atom. The first-order valence-corrected chi connectivity index (χ1v) is 7.42. The SMILES string of the molecule is CCC(C)c1cc2c(Cc3ccccc3)cccc2[nH]1. The molecule has 3 aromatic rings. The van der Waals surface area contributed by atoms with E-state index in [1.165, 1.54) is 34.1 Å². The first-order valence-electron chi connectivity index (χ1n) is 7.42. The van der Waals surface area contributed by atoms with Gasteiger partial charge in [0.25, 0.3) is 0 Å². The normalized spacial score (nSPS) is 12.7. The lowest BCUT2D eigenvalue weighted by Gasteiger charge is -2.04. The third kappa shape index (κ3) is 2.49. The molecule has 1 heterocycles. The summed E-state index contributed by atoms with van der Waals surface area (Å²) >= 11 is 0. The van der Waals surface area contributed by atoms with Gasteiger partial charge < -0.3 is 4.98 Å². The van der Waals surface area contributed by atoms with Gasteiger partial charge in [-0.3, -0.25) is 0 Å². The topological polar surface area (TPSA) is 15.8 Å². The zero-order valence-electron chi connectivity index (χ0n) is 12.2. The van der Waals surface area contributed by atoms with Crippen LogP contribution in [0.3, 0.4) is 0 Å². The van der Waals surface area contributed by atoms with Crippen LogP contribution >= 0.6 is 0 Å². The quantitative estimate of drug-likeness (QED) is 0.659.